The molecular formula is C29H29N3O6. The van der Waals surface area contributed by atoms with Crippen LogP contribution in [0.25, 0.3) is 0 Å². The standard InChI is InChI=1S/C29H29N3O6/c1-37-23-13-6-10-20(26(23)38-2)18-32-27(34)21-11-7-12-22(24(21)28(32)35)30-14-16-31(17-15-30)29(36)25(33)19-8-4-3-5-9-19/h3-13,25,33H,14-18H2,1-2H3/t25-/m0/s1. The molecule has 2 aliphatic heterocycles. The van der Waals surface area contributed by atoms with E-state index in [1.165, 1.54) is 19.1 Å². The summed E-state index contributed by atoms with van der Waals surface area (Å²) >= 11 is 0. The molecule has 5 rings (SSSR count). The lowest BCUT2D eigenvalue weighted by atomic mass is 10.1. The number of ether oxygens (including phenoxy) is 2. The predicted octanol–water partition coefficient (Wildman–Crippen LogP) is 2.88. The molecule has 0 radical (unpaired) electrons. The fraction of sp³-hybridized carbons (Fsp3) is 0.276. The number of hydrogen-bond donors (Lipinski definition) is 1. The topological polar surface area (TPSA) is 99.6 Å². The Kier molecular flexibility index (Phi) is 7.02. The monoisotopic (exact) mass is 515 g/mol. The molecule has 1 fully saturated rings. The van der Waals surface area contributed by atoms with Crippen LogP contribution in [0.4, 0.5) is 5.69 Å². The van der Waals surface area contributed by atoms with Crippen molar-refractivity contribution < 1.29 is 29.0 Å². The zero-order chi connectivity index (χ0) is 26.8. The zero-order valence-corrected chi connectivity index (χ0v) is 21.3. The Bertz CT molecular complexity index is 1370. The average Bonchev–Trinajstić information content (AvgIpc) is 3.21. The van der Waals surface area contributed by atoms with Gasteiger partial charge in [0.1, 0.15) is 0 Å². The molecule has 0 spiro atoms. The summed E-state index contributed by atoms with van der Waals surface area (Å²) in [6, 6.07) is 19.5. The third-order valence-electron chi connectivity index (χ3n) is 7.07. The molecule has 3 amide bonds. The molecule has 3 aromatic carbocycles. The van der Waals surface area contributed by atoms with Crippen molar-refractivity contribution in [3.05, 3.63) is 89.0 Å². The minimum absolute atomic E-state index is 0.0474. The summed E-state index contributed by atoms with van der Waals surface area (Å²) in [5.41, 5.74) is 2.59. The first-order chi connectivity index (χ1) is 18.4. The molecule has 38 heavy (non-hydrogen) atoms. The largest absolute Gasteiger partial charge is 0.493 e. The van der Waals surface area contributed by atoms with E-state index in [1.807, 2.05) is 17.0 Å². The molecule has 1 N–H and O–H groups in total. The molecule has 2 heterocycles. The lowest BCUT2D eigenvalue weighted by Gasteiger charge is -2.37. The minimum atomic E-state index is -1.22. The maximum Gasteiger partial charge on any atom is 0.263 e. The van der Waals surface area contributed by atoms with Crippen LogP contribution in [-0.4, -0.2) is 73.0 Å². The molecule has 1 saturated heterocycles. The number of fused-ring (bicyclic) bond motifs is 1. The highest BCUT2D eigenvalue weighted by Crippen LogP contribution is 2.36. The summed E-state index contributed by atoms with van der Waals surface area (Å²) < 4.78 is 10.8. The quantitative estimate of drug-likeness (QED) is 0.483. The lowest BCUT2D eigenvalue weighted by molar-refractivity contribution is -0.140. The highest BCUT2D eigenvalue weighted by atomic mass is 16.5. The Hall–Kier alpha value is -4.37. The number of aliphatic hydroxyl groups excluding tert-OH is 1. The van der Waals surface area contributed by atoms with E-state index >= 15 is 0 Å². The summed E-state index contributed by atoms with van der Waals surface area (Å²) in [7, 11) is 3.05. The predicted molar refractivity (Wildman–Crippen MR) is 140 cm³/mol. The van der Waals surface area contributed by atoms with E-state index in [9.17, 15) is 19.5 Å². The van der Waals surface area contributed by atoms with Gasteiger partial charge in [0, 0.05) is 31.7 Å². The summed E-state index contributed by atoms with van der Waals surface area (Å²) in [6.45, 7) is 1.76. The Morgan fingerprint density at radius 1 is 0.868 bits per heavy atom. The van der Waals surface area contributed by atoms with Crippen molar-refractivity contribution in [1.29, 1.82) is 0 Å². The maximum atomic E-state index is 13.6. The Labute approximate surface area is 220 Å². The molecule has 3 aromatic rings. The SMILES string of the molecule is COc1cccc(CN2C(=O)c3cccc(N4CCN(C(=O)[C@@H](O)c5ccccc5)CC4)c3C2=O)c1OC. The van der Waals surface area contributed by atoms with Crippen LogP contribution in [0, 0.1) is 0 Å². The second-order valence-corrected chi connectivity index (χ2v) is 9.17. The fourth-order valence-corrected chi connectivity index (χ4v) is 5.09. The minimum Gasteiger partial charge on any atom is -0.493 e. The number of imide groups is 1. The molecule has 0 aromatic heterocycles. The number of amides is 3. The number of benzene rings is 3. The maximum absolute atomic E-state index is 13.6. The number of piperazine rings is 1. The van der Waals surface area contributed by atoms with Crippen LogP contribution in [0.1, 0.15) is 37.9 Å². The molecule has 9 heteroatoms. The van der Waals surface area contributed by atoms with Crippen LogP contribution in [-0.2, 0) is 11.3 Å². The van der Waals surface area contributed by atoms with Gasteiger partial charge >= 0.3 is 0 Å². The number of anilines is 1. The van der Waals surface area contributed by atoms with Gasteiger partial charge in [-0.1, -0.05) is 48.5 Å². The summed E-state index contributed by atoms with van der Waals surface area (Å²) in [5, 5.41) is 10.5. The molecular weight excluding hydrogens is 486 g/mol. The highest BCUT2D eigenvalue weighted by molar-refractivity contribution is 6.23. The molecule has 196 valence electrons. The third kappa shape index (κ3) is 4.45. The van der Waals surface area contributed by atoms with Crippen molar-refractivity contribution in [2.45, 2.75) is 12.6 Å². The van der Waals surface area contributed by atoms with Crippen molar-refractivity contribution in [3.8, 4) is 11.5 Å². The second kappa shape index (κ2) is 10.5. The highest BCUT2D eigenvalue weighted by Gasteiger charge is 2.39. The molecule has 0 aliphatic carbocycles. The lowest BCUT2D eigenvalue weighted by Crippen LogP contribution is -2.50. The van der Waals surface area contributed by atoms with Gasteiger partial charge in [-0.3, -0.25) is 19.3 Å². The molecule has 0 bridgehead atoms. The number of para-hydroxylation sites is 1. The van der Waals surface area contributed by atoms with Crippen LogP contribution in [0.5, 0.6) is 11.5 Å². The van der Waals surface area contributed by atoms with Crippen molar-refractivity contribution in [2.24, 2.45) is 0 Å². The number of methoxy groups -OCH3 is 2. The van der Waals surface area contributed by atoms with Gasteiger partial charge in [0.15, 0.2) is 17.6 Å². The van der Waals surface area contributed by atoms with Crippen LogP contribution in [0.15, 0.2) is 66.7 Å². The van der Waals surface area contributed by atoms with Gasteiger partial charge in [0.25, 0.3) is 17.7 Å². The summed E-state index contributed by atoms with van der Waals surface area (Å²) in [5.74, 6) is -0.0869. The van der Waals surface area contributed by atoms with E-state index in [2.05, 4.69) is 0 Å². The summed E-state index contributed by atoms with van der Waals surface area (Å²) in [4.78, 5) is 44.6. The first-order valence-electron chi connectivity index (χ1n) is 12.4. The Morgan fingerprint density at radius 2 is 1.58 bits per heavy atom. The van der Waals surface area contributed by atoms with E-state index in [1.54, 1.807) is 59.5 Å². The Balaban J connectivity index is 1.33. The van der Waals surface area contributed by atoms with Crippen LogP contribution in [0.2, 0.25) is 0 Å². The van der Waals surface area contributed by atoms with Crippen molar-refractivity contribution >= 4 is 23.4 Å². The van der Waals surface area contributed by atoms with Gasteiger partial charge in [-0.05, 0) is 23.8 Å². The number of rotatable bonds is 7. The van der Waals surface area contributed by atoms with Crippen molar-refractivity contribution in [1.82, 2.24) is 9.80 Å². The number of carbonyl (C=O) groups is 3. The molecule has 1 atom stereocenters. The smallest absolute Gasteiger partial charge is 0.263 e. The molecule has 0 saturated carbocycles. The normalized spacial score (nSPS) is 15.9. The molecule has 2 aliphatic rings. The Morgan fingerprint density at radius 3 is 2.26 bits per heavy atom. The second-order valence-electron chi connectivity index (χ2n) is 9.17. The van der Waals surface area contributed by atoms with E-state index < -0.39 is 6.10 Å². The van der Waals surface area contributed by atoms with E-state index in [0.29, 0.717) is 65.6 Å². The van der Waals surface area contributed by atoms with Gasteiger partial charge in [0.2, 0.25) is 0 Å². The summed E-state index contributed by atoms with van der Waals surface area (Å²) in [6.07, 6.45) is -1.22. The van der Waals surface area contributed by atoms with Crippen molar-refractivity contribution in [2.75, 3.05) is 45.3 Å². The molecule has 9 nitrogen and oxygen atoms in total. The third-order valence-corrected chi connectivity index (χ3v) is 7.07. The van der Waals surface area contributed by atoms with Gasteiger partial charge in [-0.25, -0.2) is 0 Å². The fourth-order valence-electron chi connectivity index (χ4n) is 5.09. The average molecular weight is 516 g/mol. The van der Waals surface area contributed by atoms with Crippen LogP contribution >= 0.6 is 0 Å². The number of carbonyl (C=O) groups excluding carboxylic acids is 3. The zero-order valence-electron chi connectivity index (χ0n) is 21.3. The van der Waals surface area contributed by atoms with Gasteiger partial charge in [-0.15, -0.1) is 0 Å². The van der Waals surface area contributed by atoms with Crippen LogP contribution < -0.4 is 14.4 Å². The molecule has 0 unspecified atom stereocenters. The van der Waals surface area contributed by atoms with E-state index in [0.717, 1.165) is 0 Å². The number of nitrogens with zero attached hydrogens (tertiary/aromatic N) is 3. The van der Waals surface area contributed by atoms with Crippen molar-refractivity contribution in [3.63, 3.8) is 0 Å². The van der Waals surface area contributed by atoms with E-state index in [-0.39, 0.29) is 24.3 Å². The van der Waals surface area contributed by atoms with Crippen LogP contribution in [0.3, 0.4) is 0 Å². The van der Waals surface area contributed by atoms with Gasteiger partial charge < -0.3 is 24.4 Å². The van der Waals surface area contributed by atoms with E-state index in [4.69, 9.17) is 9.47 Å². The van der Waals surface area contributed by atoms with Gasteiger partial charge in [-0.2, -0.15) is 0 Å². The number of aliphatic hydroxyl groups is 1. The first kappa shape index (κ1) is 25.3. The first-order valence-corrected chi connectivity index (χ1v) is 12.4. The number of hydrogen-bond acceptors (Lipinski definition) is 7. The van der Waals surface area contributed by atoms with Gasteiger partial charge in [0.05, 0.1) is 37.6 Å².